The first-order chi connectivity index (χ1) is 12.4. The fourth-order valence-electron chi connectivity index (χ4n) is 5.46. The summed E-state index contributed by atoms with van der Waals surface area (Å²) in [6.07, 6.45) is 12.2. The third-order valence-electron chi connectivity index (χ3n) is 7.30. The van der Waals surface area contributed by atoms with Crippen molar-refractivity contribution in [3.63, 3.8) is 0 Å². The van der Waals surface area contributed by atoms with Crippen molar-refractivity contribution in [2.75, 3.05) is 32.7 Å². The molecule has 0 N–H and O–H groups in total. The summed E-state index contributed by atoms with van der Waals surface area (Å²) >= 11 is 0. The van der Waals surface area contributed by atoms with Crippen LogP contribution in [0.15, 0.2) is 30.3 Å². The van der Waals surface area contributed by atoms with Gasteiger partial charge in [-0.2, -0.15) is 0 Å². The molecule has 3 fully saturated rings. The second-order valence-electron chi connectivity index (χ2n) is 8.80. The predicted octanol–water partition coefficient (Wildman–Crippen LogP) is 4.21. The van der Waals surface area contributed by atoms with Crippen LogP contribution >= 0.6 is 0 Å². The van der Waals surface area contributed by atoms with Gasteiger partial charge in [0.2, 0.25) is 0 Å². The lowest BCUT2D eigenvalue weighted by molar-refractivity contribution is 0.152. The van der Waals surface area contributed by atoms with Crippen molar-refractivity contribution >= 4 is 5.57 Å². The Hall–Kier alpha value is -1.12. The summed E-state index contributed by atoms with van der Waals surface area (Å²) in [5.74, 6) is 1.70. The highest BCUT2D eigenvalue weighted by Gasteiger charge is 2.41. The summed E-state index contributed by atoms with van der Waals surface area (Å²) in [6.45, 7) is 6.53. The number of likely N-dealkylation sites (tertiary alicyclic amines) is 2. The lowest BCUT2D eigenvalue weighted by Gasteiger charge is -2.35. The summed E-state index contributed by atoms with van der Waals surface area (Å²) in [4.78, 5) is 5.42. The maximum Gasteiger partial charge on any atom is 0.00956 e. The predicted molar refractivity (Wildman–Crippen MR) is 105 cm³/mol. The zero-order chi connectivity index (χ0) is 16.6. The second-order valence-corrected chi connectivity index (χ2v) is 8.80. The third-order valence-corrected chi connectivity index (χ3v) is 7.30. The van der Waals surface area contributed by atoms with E-state index in [0.29, 0.717) is 0 Å². The molecule has 0 radical (unpaired) electrons. The molecule has 0 aromatic heterocycles. The van der Waals surface area contributed by atoms with Gasteiger partial charge in [-0.25, -0.2) is 0 Å². The van der Waals surface area contributed by atoms with Crippen molar-refractivity contribution in [1.82, 2.24) is 9.80 Å². The van der Waals surface area contributed by atoms with Gasteiger partial charge in [-0.1, -0.05) is 36.8 Å². The van der Waals surface area contributed by atoms with E-state index in [9.17, 15) is 0 Å². The maximum absolute atomic E-state index is 2.80. The number of hydrogen-bond acceptors (Lipinski definition) is 2. The molecule has 25 heavy (non-hydrogen) atoms. The Labute approximate surface area is 152 Å². The smallest absolute Gasteiger partial charge is 0.00956 e. The van der Waals surface area contributed by atoms with Gasteiger partial charge in [0.05, 0.1) is 0 Å². The number of rotatable bonds is 5. The number of hydrogen-bond donors (Lipinski definition) is 0. The molecule has 0 spiro atoms. The van der Waals surface area contributed by atoms with E-state index >= 15 is 0 Å². The van der Waals surface area contributed by atoms with E-state index in [1.54, 1.807) is 5.57 Å². The zero-order valence-electron chi connectivity index (χ0n) is 15.5. The molecule has 2 aliphatic carbocycles. The fraction of sp³-hybridized carbons (Fsp3) is 0.652. The van der Waals surface area contributed by atoms with Gasteiger partial charge in [-0.3, -0.25) is 4.90 Å². The van der Waals surface area contributed by atoms with Gasteiger partial charge < -0.3 is 4.90 Å². The van der Waals surface area contributed by atoms with Crippen LogP contribution in [0.3, 0.4) is 0 Å². The molecule has 2 aliphatic heterocycles. The molecule has 134 valence electrons. The Kier molecular flexibility index (Phi) is 4.43. The summed E-state index contributed by atoms with van der Waals surface area (Å²) in [6, 6.07) is 10.5. The quantitative estimate of drug-likeness (QED) is 0.794. The van der Waals surface area contributed by atoms with Crippen LogP contribution in [0.1, 0.15) is 49.7 Å². The van der Waals surface area contributed by atoms with Crippen LogP contribution < -0.4 is 0 Å². The molecule has 2 heteroatoms. The first-order valence-electron chi connectivity index (χ1n) is 10.6. The van der Waals surface area contributed by atoms with E-state index in [2.05, 4.69) is 40.1 Å². The lowest BCUT2D eigenvalue weighted by atomic mass is 9.90. The normalized spacial score (nSPS) is 30.5. The van der Waals surface area contributed by atoms with Crippen molar-refractivity contribution < 1.29 is 0 Å². The SMILES string of the molecule is C1=C(c2ccc(CCN3CCCC3)cc2)C2CN(C3CCC3)CC2C1. The van der Waals surface area contributed by atoms with Gasteiger partial charge in [0.15, 0.2) is 0 Å². The summed E-state index contributed by atoms with van der Waals surface area (Å²) in [5, 5.41) is 0. The van der Waals surface area contributed by atoms with Crippen LogP contribution in [-0.2, 0) is 6.42 Å². The van der Waals surface area contributed by atoms with Gasteiger partial charge >= 0.3 is 0 Å². The molecular formula is C23H32N2. The molecule has 2 nitrogen and oxygen atoms in total. The first-order valence-corrected chi connectivity index (χ1v) is 10.6. The van der Waals surface area contributed by atoms with Crippen LogP contribution in [0.4, 0.5) is 0 Å². The molecule has 0 amide bonds. The minimum Gasteiger partial charge on any atom is -0.303 e. The highest BCUT2D eigenvalue weighted by atomic mass is 15.2. The van der Waals surface area contributed by atoms with Gasteiger partial charge in [0.1, 0.15) is 0 Å². The minimum absolute atomic E-state index is 0.802. The Morgan fingerprint density at radius 1 is 0.920 bits per heavy atom. The maximum atomic E-state index is 2.80. The molecule has 1 saturated carbocycles. The summed E-state index contributed by atoms with van der Waals surface area (Å²) in [5.41, 5.74) is 4.65. The van der Waals surface area contributed by atoms with Gasteiger partial charge in [-0.15, -0.1) is 0 Å². The van der Waals surface area contributed by atoms with Crippen molar-refractivity contribution in [3.8, 4) is 0 Å². The first kappa shape index (κ1) is 16.1. The van der Waals surface area contributed by atoms with Crippen LogP contribution in [0, 0.1) is 11.8 Å². The zero-order valence-corrected chi connectivity index (χ0v) is 15.5. The second kappa shape index (κ2) is 6.89. The highest BCUT2D eigenvalue weighted by Crippen LogP contribution is 2.45. The topological polar surface area (TPSA) is 6.48 Å². The van der Waals surface area contributed by atoms with E-state index < -0.39 is 0 Å². The minimum atomic E-state index is 0.802. The Morgan fingerprint density at radius 2 is 1.72 bits per heavy atom. The van der Waals surface area contributed by atoms with E-state index in [1.807, 2.05) is 0 Å². The molecule has 1 aromatic carbocycles. The molecular weight excluding hydrogens is 304 g/mol. The average molecular weight is 337 g/mol. The molecule has 2 saturated heterocycles. The lowest BCUT2D eigenvalue weighted by Crippen LogP contribution is -2.38. The van der Waals surface area contributed by atoms with Crippen LogP contribution in [0.25, 0.3) is 5.57 Å². The van der Waals surface area contributed by atoms with Gasteiger partial charge in [0, 0.05) is 31.6 Å². The molecule has 4 aliphatic rings. The standard InChI is InChI=1S/C23H32N2/c1-2-14-24(13-1)15-12-18-6-8-19(9-7-18)22-11-10-20-16-25(17-23(20)22)21-4-3-5-21/h6-9,11,20-21,23H,1-5,10,12-17H2. The van der Waals surface area contributed by atoms with Crippen LogP contribution in [-0.4, -0.2) is 48.6 Å². The number of fused-ring (bicyclic) bond motifs is 1. The van der Waals surface area contributed by atoms with Crippen molar-refractivity contribution in [3.05, 3.63) is 41.5 Å². The van der Waals surface area contributed by atoms with Crippen molar-refractivity contribution in [2.45, 2.75) is 51.0 Å². The summed E-state index contributed by atoms with van der Waals surface area (Å²) < 4.78 is 0. The van der Waals surface area contributed by atoms with Crippen LogP contribution in [0.5, 0.6) is 0 Å². The molecule has 2 atom stereocenters. The molecule has 1 aromatic rings. The Balaban J connectivity index is 1.21. The van der Waals surface area contributed by atoms with E-state index in [4.69, 9.17) is 0 Å². The fourth-order valence-corrected chi connectivity index (χ4v) is 5.46. The molecule has 2 unspecified atom stereocenters. The number of allylic oxidation sites excluding steroid dienone is 1. The molecule has 5 rings (SSSR count). The molecule has 2 heterocycles. The Morgan fingerprint density at radius 3 is 2.44 bits per heavy atom. The largest absolute Gasteiger partial charge is 0.303 e. The van der Waals surface area contributed by atoms with Gasteiger partial charge in [0.25, 0.3) is 0 Å². The van der Waals surface area contributed by atoms with E-state index in [0.717, 1.165) is 17.9 Å². The van der Waals surface area contributed by atoms with Crippen LogP contribution in [0.2, 0.25) is 0 Å². The third kappa shape index (κ3) is 3.19. The average Bonchev–Trinajstić information content (AvgIpc) is 3.29. The van der Waals surface area contributed by atoms with Crippen molar-refractivity contribution in [2.24, 2.45) is 11.8 Å². The number of benzene rings is 1. The van der Waals surface area contributed by atoms with E-state index in [-0.39, 0.29) is 0 Å². The summed E-state index contributed by atoms with van der Waals surface area (Å²) in [7, 11) is 0. The van der Waals surface area contributed by atoms with E-state index in [1.165, 1.54) is 88.8 Å². The van der Waals surface area contributed by atoms with Gasteiger partial charge in [-0.05, 0) is 74.2 Å². The highest BCUT2D eigenvalue weighted by molar-refractivity contribution is 5.70. The number of nitrogens with zero attached hydrogens (tertiary/aromatic N) is 2. The molecule has 0 bridgehead atoms. The monoisotopic (exact) mass is 336 g/mol. The van der Waals surface area contributed by atoms with Crippen molar-refractivity contribution in [1.29, 1.82) is 0 Å². The Bertz CT molecular complexity index is 622.